The molecule has 32 heavy (non-hydrogen) atoms. The molecule has 1 amide bonds. The van der Waals surface area contributed by atoms with E-state index in [2.05, 4.69) is 53.4 Å². The number of hydrogen-bond donors (Lipinski definition) is 0. The lowest BCUT2D eigenvalue weighted by Crippen LogP contribution is -2.49. The number of carbonyl (C=O) groups excluding carboxylic acids is 1. The van der Waals surface area contributed by atoms with E-state index in [1.807, 2.05) is 23.1 Å². The van der Waals surface area contributed by atoms with Gasteiger partial charge < -0.3 is 9.64 Å². The van der Waals surface area contributed by atoms with Gasteiger partial charge in [0.25, 0.3) is 0 Å². The predicted octanol–water partition coefficient (Wildman–Crippen LogP) is 4.70. The van der Waals surface area contributed by atoms with Gasteiger partial charge in [-0.25, -0.2) is 4.39 Å². The molecule has 4 nitrogen and oxygen atoms in total. The van der Waals surface area contributed by atoms with E-state index in [1.165, 1.54) is 24.3 Å². The van der Waals surface area contributed by atoms with Crippen molar-refractivity contribution in [2.75, 3.05) is 33.3 Å². The van der Waals surface area contributed by atoms with Crippen LogP contribution in [0.25, 0.3) is 0 Å². The van der Waals surface area contributed by atoms with Crippen molar-refractivity contribution in [3.63, 3.8) is 0 Å². The lowest BCUT2D eigenvalue weighted by atomic mass is 9.96. The number of benzene rings is 3. The highest BCUT2D eigenvalue weighted by Gasteiger charge is 2.27. The van der Waals surface area contributed by atoms with E-state index in [9.17, 15) is 9.18 Å². The number of hydrogen-bond acceptors (Lipinski definition) is 3. The molecular weight excluding hydrogens is 403 g/mol. The van der Waals surface area contributed by atoms with Gasteiger partial charge in [0.05, 0.1) is 13.2 Å². The van der Waals surface area contributed by atoms with Gasteiger partial charge in [0, 0.05) is 32.6 Å². The molecule has 1 aliphatic rings. The highest BCUT2D eigenvalue weighted by molar-refractivity contribution is 5.76. The molecule has 1 fully saturated rings. The molecule has 1 saturated heterocycles. The summed E-state index contributed by atoms with van der Waals surface area (Å²) in [5, 5.41) is 0. The van der Waals surface area contributed by atoms with Crippen molar-refractivity contribution in [3.8, 4) is 5.75 Å². The molecular formula is C27H29FN2O2. The number of aryl methyl sites for hydroxylation is 1. The van der Waals surface area contributed by atoms with Crippen molar-refractivity contribution >= 4 is 5.91 Å². The van der Waals surface area contributed by atoms with Crippen LogP contribution in [-0.2, 0) is 11.2 Å². The Bertz CT molecular complexity index is 979. The predicted molar refractivity (Wildman–Crippen MR) is 124 cm³/mol. The molecule has 1 aliphatic heterocycles. The van der Waals surface area contributed by atoms with Crippen LogP contribution in [0.2, 0.25) is 0 Å². The first-order valence-corrected chi connectivity index (χ1v) is 11.1. The van der Waals surface area contributed by atoms with Crippen molar-refractivity contribution in [1.29, 1.82) is 0 Å². The van der Waals surface area contributed by atoms with Crippen molar-refractivity contribution in [2.45, 2.75) is 18.9 Å². The van der Waals surface area contributed by atoms with Crippen LogP contribution in [0.15, 0.2) is 78.9 Å². The summed E-state index contributed by atoms with van der Waals surface area (Å²) in [6, 6.07) is 26.1. The first-order valence-electron chi connectivity index (χ1n) is 11.1. The monoisotopic (exact) mass is 432 g/mol. The maximum atomic E-state index is 13.9. The van der Waals surface area contributed by atoms with E-state index >= 15 is 0 Å². The molecule has 4 rings (SSSR count). The molecule has 0 N–H and O–H groups in total. The minimum atomic E-state index is -0.390. The Morgan fingerprint density at radius 2 is 1.50 bits per heavy atom. The lowest BCUT2D eigenvalue weighted by molar-refractivity contribution is -0.133. The molecule has 3 aromatic carbocycles. The number of piperazine rings is 1. The van der Waals surface area contributed by atoms with Gasteiger partial charge in [0.15, 0.2) is 11.6 Å². The number of methoxy groups -OCH3 is 1. The molecule has 0 atom stereocenters. The van der Waals surface area contributed by atoms with Crippen molar-refractivity contribution in [3.05, 3.63) is 101 Å². The molecule has 0 bridgehead atoms. The topological polar surface area (TPSA) is 32.8 Å². The van der Waals surface area contributed by atoms with E-state index in [4.69, 9.17) is 4.74 Å². The lowest BCUT2D eigenvalue weighted by Gasteiger charge is -2.40. The van der Waals surface area contributed by atoms with Crippen LogP contribution in [0, 0.1) is 5.82 Å². The molecule has 0 aliphatic carbocycles. The number of amides is 1. The molecule has 1 heterocycles. The quantitative estimate of drug-likeness (QED) is 0.543. The van der Waals surface area contributed by atoms with Gasteiger partial charge in [-0.3, -0.25) is 9.69 Å². The normalized spacial score (nSPS) is 14.5. The fraction of sp³-hybridized carbons (Fsp3) is 0.296. The fourth-order valence-corrected chi connectivity index (χ4v) is 4.39. The molecule has 0 radical (unpaired) electrons. The van der Waals surface area contributed by atoms with Crippen LogP contribution >= 0.6 is 0 Å². The van der Waals surface area contributed by atoms with Crippen molar-refractivity contribution in [1.82, 2.24) is 9.80 Å². The van der Waals surface area contributed by atoms with Gasteiger partial charge >= 0.3 is 0 Å². The minimum absolute atomic E-state index is 0.122. The Balaban J connectivity index is 1.37. The molecule has 3 aromatic rings. The molecule has 166 valence electrons. The summed E-state index contributed by atoms with van der Waals surface area (Å²) < 4.78 is 18.9. The first-order chi connectivity index (χ1) is 15.7. The SMILES string of the molecule is COc1ccc(CCC(=O)N2CCN(C(c3ccccc3)c3ccccc3)CC2)cc1F. The van der Waals surface area contributed by atoms with Crippen LogP contribution in [-0.4, -0.2) is 49.0 Å². The van der Waals surface area contributed by atoms with E-state index in [1.54, 1.807) is 6.07 Å². The van der Waals surface area contributed by atoms with Crippen molar-refractivity contribution < 1.29 is 13.9 Å². The van der Waals surface area contributed by atoms with E-state index in [-0.39, 0.29) is 23.5 Å². The minimum Gasteiger partial charge on any atom is -0.494 e. The molecule has 0 saturated carbocycles. The van der Waals surface area contributed by atoms with Gasteiger partial charge in [-0.05, 0) is 35.2 Å². The van der Waals surface area contributed by atoms with Gasteiger partial charge in [0.1, 0.15) is 0 Å². The van der Waals surface area contributed by atoms with Crippen LogP contribution in [0.3, 0.4) is 0 Å². The summed E-state index contributed by atoms with van der Waals surface area (Å²) in [6.07, 6.45) is 0.906. The highest BCUT2D eigenvalue weighted by atomic mass is 19.1. The second-order valence-electron chi connectivity index (χ2n) is 8.11. The van der Waals surface area contributed by atoms with Gasteiger partial charge in [0.2, 0.25) is 5.91 Å². The first kappa shape index (κ1) is 22.0. The molecule has 0 unspecified atom stereocenters. The van der Waals surface area contributed by atoms with Gasteiger partial charge in [-0.15, -0.1) is 0 Å². The van der Waals surface area contributed by atoms with Gasteiger partial charge in [-0.2, -0.15) is 0 Å². The van der Waals surface area contributed by atoms with Gasteiger partial charge in [-0.1, -0.05) is 66.7 Å². The average Bonchev–Trinajstić information content (AvgIpc) is 2.84. The van der Waals surface area contributed by atoms with E-state index in [0.29, 0.717) is 25.9 Å². The van der Waals surface area contributed by atoms with Crippen LogP contribution in [0.4, 0.5) is 4.39 Å². The Hall–Kier alpha value is -3.18. The number of nitrogens with zero attached hydrogens (tertiary/aromatic N) is 2. The summed E-state index contributed by atoms with van der Waals surface area (Å²) in [4.78, 5) is 17.2. The van der Waals surface area contributed by atoms with Crippen LogP contribution in [0.5, 0.6) is 5.75 Å². The number of halogens is 1. The maximum absolute atomic E-state index is 13.9. The van der Waals surface area contributed by atoms with E-state index in [0.717, 1.165) is 18.7 Å². The summed E-state index contributed by atoms with van der Waals surface area (Å²) in [6.45, 7) is 3.03. The third-order valence-corrected chi connectivity index (χ3v) is 6.11. The maximum Gasteiger partial charge on any atom is 0.222 e. The summed E-state index contributed by atoms with van der Waals surface area (Å²) in [5.74, 6) is -0.0432. The van der Waals surface area contributed by atoms with Crippen LogP contribution < -0.4 is 4.74 Å². The fourth-order valence-electron chi connectivity index (χ4n) is 4.39. The molecule has 0 aromatic heterocycles. The van der Waals surface area contributed by atoms with Crippen molar-refractivity contribution in [2.24, 2.45) is 0 Å². The third-order valence-electron chi connectivity index (χ3n) is 6.11. The summed E-state index contributed by atoms with van der Waals surface area (Å²) in [7, 11) is 1.45. The summed E-state index contributed by atoms with van der Waals surface area (Å²) >= 11 is 0. The number of ether oxygens (including phenoxy) is 1. The number of carbonyl (C=O) groups is 1. The third kappa shape index (κ3) is 5.17. The second-order valence-corrected chi connectivity index (χ2v) is 8.11. The average molecular weight is 433 g/mol. The van der Waals surface area contributed by atoms with Crippen LogP contribution in [0.1, 0.15) is 29.2 Å². The Morgan fingerprint density at radius 3 is 2.03 bits per heavy atom. The zero-order chi connectivity index (χ0) is 22.3. The van der Waals surface area contributed by atoms with E-state index < -0.39 is 0 Å². The molecule has 5 heteroatoms. The standard InChI is InChI=1S/C27H29FN2O2/c1-32-25-14-12-21(20-24(25)28)13-15-26(31)29-16-18-30(19-17-29)27(22-8-4-2-5-9-22)23-10-6-3-7-11-23/h2-12,14,20,27H,13,15-19H2,1H3. The second kappa shape index (κ2) is 10.4. The Kier molecular flexibility index (Phi) is 7.17. The Labute approximate surface area is 189 Å². The smallest absolute Gasteiger partial charge is 0.222 e. The highest BCUT2D eigenvalue weighted by Crippen LogP contribution is 2.29. The largest absolute Gasteiger partial charge is 0.494 e. The zero-order valence-electron chi connectivity index (χ0n) is 18.4. The summed E-state index contributed by atoms with van der Waals surface area (Å²) in [5.41, 5.74) is 3.34. The number of rotatable bonds is 7. The molecule has 0 spiro atoms. The Morgan fingerprint density at radius 1 is 0.906 bits per heavy atom. The zero-order valence-corrected chi connectivity index (χ0v) is 18.4.